The number of hydrogen-bond donors (Lipinski definition) is 0. The SMILES string of the molecule is c1ccc(OCC2CO2)cc1.c1ccc2c(c1)=c1ccccc1=2. The van der Waals surface area contributed by atoms with Gasteiger partial charge in [-0.15, -0.1) is 0 Å². The molecule has 0 saturated carbocycles. The molecule has 0 spiro atoms. The van der Waals surface area contributed by atoms with Crippen molar-refractivity contribution in [1.82, 2.24) is 0 Å². The average Bonchev–Trinajstić information content (AvgIpc) is 3.44. The molecule has 3 aromatic rings. The summed E-state index contributed by atoms with van der Waals surface area (Å²) in [6.07, 6.45) is 0.343. The molecule has 2 aliphatic rings. The van der Waals surface area contributed by atoms with Crippen LogP contribution in [0.1, 0.15) is 0 Å². The van der Waals surface area contributed by atoms with Crippen LogP contribution in [0.5, 0.6) is 5.75 Å². The molecule has 23 heavy (non-hydrogen) atoms. The van der Waals surface area contributed by atoms with Gasteiger partial charge in [0.2, 0.25) is 0 Å². The summed E-state index contributed by atoms with van der Waals surface area (Å²) in [5.41, 5.74) is 0. The Hall–Kier alpha value is -2.58. The Bertz CT molecular complexity index is 842. The van der Waals surface area contributed by atoms with Gasteiger partial charge >= 0.3 is 0 Å². The molecule has 0 N–H and O–H groups in total. The van der Waals surface area contributed by atoms with Gasteiger partial charge in [-0.2, -0.15) is 0 Å². The number of epoxide rings is 1. The molecular formula is C21H18O2. The molecule has 1 heterocycles. The van der Waals surface area contributed by atoms with E-state index in [2.05, 4.69) is 48.5 Å². The maximum Gasteiger partial charge on any atom is 0.119 e. The van der Waals surface area contributed by atoms with Gasteiger partial charge in [0.15, 0.2) is 0 Å². The third-order valence-electron chi connectivity index (χ3n) is 4.02. The standard InChI is InChI=1S/C12H8.C9H10O2/c1-2-6-10-9(5-1)11-7-3-4-8-12(10)11;1-2-4-8(5-3-1)10-6-9-7-11-9/h1-8H;1-5,9H,6-7H2. The van der Waals surface area contributed by atoms with Crippen LogP contribution in [-0.2, 0) is 4.74 Å². The lowest BCUT2D eigenvalue weighted by atomic mass is 10.0. The van der Waals surface area contributed by atoms with E-state index >= 15 is 0 Å². The van der Waals surface area contributed by atoms with Crippen molar-refractivity contribution >= 4 is 0 Å². The van der Waals surface area contributed by atoms with E-state index in [9.17, 15) is 0 Å². The molecule has 1 unspecified atom stereocenters. The smallest absolute Gasteiger partial charge is 0.119 e. The number of ether oxygens (including phenoxy) is 2. The minimum Gasteiger partial charge on any atom is -0.491 e. The van der Waals surface area contributed by atoms with Crippen molar-refractivity contribution in [1.29, 1.82) is 0 Å². The minimum atomic E-state index is 0.343. The van der Waals surface area contributed by atoms with Gasteiger partial charge in [-0.3, -0.25) is 0 Å². The molecule has 0 radical (unpaired) electrons. The molecule has 5 rings (SSSR count). The van der Waals surface area contributed by atoms with Crippen LogP contribution in [0.2, 0.25) is 0 Å². The second-order valence-electron chi connectivity index (χ2n) is 5.67. The molecule has 0 bridgehead atoms. The Kier molecular flexibility index (Phi) is 3.83. The fraction of sp³-hybridized carbons (Fsp3) is 0.143. The van der Waals surface area contributed by atoms with Crippen LogP contribution < -0.4 is 4.74 Å². The van der Waals surface area contributed by atoms with Gasteiger partial charge in [0, 0.05) is 0 Å². The maximum atomic E-state index is 5.40. The third-order valence-corrected chi connectivity index (χ3v) is 4.02. The largest absolute Gasteiger partial charge is 0.491 e. The predicted octanol–water partition coefficient (Wildman–Crippen LogP) is 4.04. The van der Waals surface area contributed by atoms with Crippen LogP contribution in [0.15, 0.2) is 78.9 Å². The van der Waals surface area contributed by atoms with E-state index < -0.39 is 0 Å². The zero-order valence-corrected chi connectivity index (χ0v) is 12.8. The van der Waals surface area contributed by atoms with Crippen LogP contribution in [0, 0.1) is 20.9 Å². The molecule has 114 valence electrons. The molecular weight excluding hydrogens is 284 g/mol. The van der Waals surface area contributed by atoms with Gasteiger partial charge in [-0.1, -0.05) is 66.7 Å². The van der Waals surface area contributed by atoms with Crippen LogP contribution in [0.25, 0.3) is 0 Å². The highest BCUT2D eigenvalue weighted by molar-refractivity contribution is 5.28. The summed E-state index contributed by atoms with van der Waals surface area (Å²) in [7, 11) is 0. The van der Waals surface area contributed by atoms with Gasteiger partial charge in [0.05, 0.1) is 6.61 Å². The fourth-order valence-corrected chi connectivity index (χ4v) is 2.71. The van der Waals surface area contributed by atoms with Gasteiger partial charge in [0.1, 0.15) is 18.5 Å². The summed E-state index contributed by atoms with van der Waals surface area (Å²) < 4.78 is 10.4. The van der Waals surface area contributed by atoms with E-state index in [-0.39, 0.29) is 0 Å². The zero-order valence-electron chi connectivity index (χ0n) is 12.8. The van der Waals surface area contributed by atoms with Crippen molar-refractivity contribution in [2.45, 2.75) is 6.10 Å². The highest BCUT2D eigenvalue weighted by Crippen LogP contribution is 2.13. The predicted molar refractivity (Wildman–Crippen MR) is 89.9 cm³/mol. The number of benzene rings is 3. The topological polar surface area (TPSA) is 21.8 Å². The molecule has 2 nitrogen and oxygen atoms in total. The summed E-state index contributed by atoms with van der Waals surface area (Å²) in [5, 5.41) is 5.59. The molecule has 1 fully saturated rings. The van der Waals surface area contributed by atoms with Gasteiger partial charge in [0.25, 0.3) is 0 Å². The lowest BCUT2D eigenvalue weighted by molar-refractivity contribution is 0.263. The Balaban J connectivity index is 0.000000118. The number of para-hydroxylation sites is 1. The Morgan fingerprint density at radius 2 is 1.13 bits per heavy atom. The average molecular weight is 302 g/mol. The van der Waals surface area contributed by atoms with Crippen molar-refractivity contribution in [3.63, 3.8) is 0 Å². The van der Waals surface area contributed by atoms with Crippen molar-refractivity contribution in [3.8, 4) is 5.75 Å². The minimum absolute atomic E-state index is 0.343. The van der Waals surface area contributed by atoms with Gasteiger partial charge in [-0.25, -0.2) is 0 Å². The second kappa shape index (κ2) is 6.27. The molecule has 3 aromatic carbocycles. The normalized spacial score (nSPS) is 16.1. The Morgan fingerprint density at radius 3 is 1.57 bits per heavy atom. The zero-order chi connectivity index (χ0) is 15.5. The Labute approximate surface area is 134 Å². The highest BCUT2D eigenvalue weighted by Gasteiger charge is 2.22. The van der Waals surface area contributed by atoms with Gasteiger partial charge in [-0.05, 0) is 33.0 Å². The van der Waals surface area contributed by atoms with Crippen molar-refractivity contribution in [2.24, 2.45) is 0 Å². The molecule has 1 aliphatic carbocycles. The second-order valence-corrected chi connectivity index (χ2v) is 5.67. The summed E-state index contributed by atoms with van der Waals surface area (Å²) in [4.78, 5) is 0. The molecule has 1 aliphatic heterocycles. The van der Waals surface area contributed by atoms with Crippen LogP contribution >= 0.6 is 0 Å². The van der Waals surface area contributed by atoms with Crippen molar-refractivity contribution in [2.75, 3.05) is 13.2 Å². The lowest BCUT2D eigenvalue weighted by Gasteiger charge is -2.02. The number of rotatable bonds is 3. The molecule has 1 saturated heterocycles. The summed E-state index contributed by atoms with van der Waals surface area (Å²) in [5.74, 6) is 0.919. The van der Waals surface area contributed by atoms with E-state index in [1.54, 1.807) is 0 Å². The quantitative estimate of drug-likeness (QED) is 0.533. The van der Waals surface area contributed by atoms with E-state index in [1.807, 2.05) is 30.3 Å². The van der Waals surface area contributed by atoms with E-state index in [1.165, 1.54) is 20.9 Å². The van der Waals surface area contributed by atoms with Crippen LogP contribution in [0.3, 0.4) is 0 Å². The Morgan fingerprint density at radius 1 is 0.696 bits per heavy atom. The molecule has 2 heteroatoms. The summed E-state index contributed by atoms with van der Waals surface area (Å²) in [6.45, 7) is 1.54. The van der Waals surface area contributed by atoms with Crippen molar-refractivity contribution in [3.05, 3.63) is 99.7 Å². The molecule has 0 aromatic heterocycles. The van der Waals surface area contributed by atoms with Gasteiger partial charge < -0.3 is 9.47 Å². The monoisotopic (exact) mass is 302 g/mol. The first kappa shape index (κ1) is 14.0. The van der Waals surface area contributed by atoms with Crippen LogP contribution in [-0.4, -0.2) is 19.3 Å². The summed E-state index contributed by atoms with van der Waals surface area (Å²) in [6, 6.07) is 26.9. The molecule has 0 amide bonds. The first-order valence-electron chi connectivity index (χ1n) is 7.90. The first-order valence-corrected chi connectivity index (χ1v) is 7.90. The third kappa shape index (κ3) is 3.13. The first-order chi connectivity index (χ1) is 11.4. The highest BCUT2D eigenvalue weighted by atomic mass is 16.6. The van der Waals surface area contributed by atoms with Crippen molar-refractivity contribution < 1.29 is 9.47 Å². The molecule has 1 atom stereocenters. The lowest BCUT2D eigenvalue weighted by Crippen LogP contribution is -2.03. The number of fused-ring (bicyclic) bond motifs is 2. The fourth-order valence-electron chi connectivity index (χ4n) is 2.71. The summed E-state index contributed by atoms with van der Waals surface area (Å²) >= 11 is 0. The van der Waals surface area contributed by atoms with Crippen LogP contribution in [0.4, 0.5) is 0 Å². The van der Waals surface area contributed by atoms with E-state index in [0.717, 1.165) is 12.4 Å². The van der Waals surface area contributed by atoms with E-state index in [4.69, 9.17) is 9.47 Å². The maximum absolute atomic E-state index is 5.40. The number of hydrogen-bond acceptors (Lipinski definition) is 2. The van der Waals surface area contributed by atoms with E-state index in [0.29, 0.717) is 12.7 Å².